The molecule has 2 amide bonds. The predicted octanol–water partition coefficient (Wildman–Crippen LogP) is 0.851. The molecular formula is C13H17FN2O4. The van der Waals surface area contributed by atoms with E-state index in [9.17, 15) is 19.1 Å². The first-order valence-corrected chi connectivity index (χ1v) is 5.99. The minimum Gasteiger partial charge on any atom is -0.481 e. The fraction of sp³-hybridized carbons (Fsp3) is 0.385. The quantitative estimate of drug-likeness (QED) is 0.622. The number of benzene rings is 1. The van der Waals surface area contributed by atoms with Crippen LogP contribution < -0.4 is 10.6 Å². The summed E-state index contributed by atoms with van der Waals surface area (Å²) in [6.45, 7) is 1.24. The molecule has 6 nitrogen and oxygen atoms in total. The lowest BCUT2D eigenvalue weighted by atomic mass is 10.0. The van der Waals surface area contributed by atoms with Crippen molar-refractivity contribution in [3.05, 3.63) is 35.6 Å². The van der Waals surface area contributed by atoms with Crippen LogP contribution in [0.1, 0.15) is 18.9 Å². The van der Waals surface area contributed by atoms with Gasteiger partial charge >= 0.3 is 12.0 Å². The van der Waals surface area contributed by atoms with Crippen molar-refractivity contribution in [2.75, 3.05) is 6.54 Å². The Bertz CT molecular complexity index is 491. The maximum atomic E-state index is 12.9. The molecule has 0 aliphatic rings. The SMILES string of the molecule is CC(O)(CNC(=O)NCc1cccc(F)c1)CC(=O)O. The van der Waals surface area contributed by atoms with Crippen molar-refractivity contribution in [1.29, 1.82) is 0 Å². The Kier molecular flexibility index (Phi) is 5.45. The molecule has 0 aliphatic heterocycles. The zero-order valence-electron chi connectivity index (χ0n) is 11.0. The minimum absolute atomic E-state index is 0.130. The Morgan fingerprint density at radius 1 is 1.35 bits per heavy atom. The number of aliphatic hydroxyl groups is 1. The number of halogens is 1. The monoisotopic (exact) mass is 284 g/mol. The summed E-state index contributed by atoms with van der Waals surface area (Å²) in [5, 5.41) is 23.1. The van der Waals surface area contributed by atoms with Crippen LogP contribution in [0.15, 0.2) is 24.3 Å². The van der Waals surface area contributed by atoms with E-state index in [1.807, 2.05) is 0 Å². The lowest BCUT2D eigenvalue weighted by Gasteiger charge is -2.21. The van der Waals surface area contributed by atoms with E-state index in [1.54, 1.807) is 6.07 Å². The fourth-order valence-electron chi connectivity index (χ4n) is 1.55. The summed E-state index contributed by atoms with van der Waals surface area (Å²) in [5.74, 6) is -1.55. The van der Waals surface area contributed by atoms with Crippen LogP contribution in [-0.4, -0.2) is 34.4 Å². The number of carbonyl (C=O) groups is 2. The van der Waals surface area contributed by atoms with Crippen LogP contribution in [0.4, 0.5) is 9.18 Å². The second-order valence-corrected chi connectivity index (χ2v) is 4.73. The van der Waals surface area contributed by atoms with E-state index in [-0.39, 0.29) is 13.1 Å². The molecule has 1 unspecified atom stereocenters. The Morgan fingerprint density at radius 2 is 2.05 bits per heavy atom. The number of amides is 2. The Labute approximate surface area is 115 Å². The van der Waals surface area contributed by atoms with Gasteiger partial charge in [0.1, 0.15) is 5.82 Å². The van der Waals surface area contributed by atoms with Crippen molar-refractivity contribution in [2.24, 2.45) is 0 Å². The van der Waals surface area contributed by atoms with Gasteiger partial charge in [-0.2, -0.15) is 0 Å². The number of nitrogens with one attached hydrogen (secondary N) is 2. The lowest BCUT2D eigenvalue weighted by molar-refractivity contribution is -0.141. The smallest absolute Gasteiger partial charge is 0.315 e. The molecule has 0 heterocycles. The average molecular weight is 284 g/mol. The molecule has 1 aromatic rings. The van der Waals surface area contributed by atoms with Crippen LogP contribution in [0.2, 0.25) is 0 Å². The summed E-state index contributed by atoms with van der Waals surface area (Å²) in [6, 6.07) is 5.21. The summed E-state index contributed by atoms with van der Waals surface area (Å²) in [6.07, 6.45) is -0.475. The zero-order chi connectivity index (χ0) is 15.2. The van der Waals surface area contributed by atoms with Crippen molar-refractivity contribution in [1.82, 2.24) is 10.6 Å². The summed E-state index contributed by atoms with van der Waals surface area (Å²) >= 11 is 0. The normalized spacial score (nSPS) is 13.3. The molecule has 1 aromatic carbocycles. The molecule has 110 valence electrons. The number of hydrogen-bond donors (Lipinski definition) is 4. The van der Waals surface area contributed by atoms with Crippen LogP contribution in [0.25, 0.3) is 0 Å². The molecule has 0 aliphatic carbocycles. The second-order valence-electron chi connectivity index (χ2n) is 4.73. The highest BCUT2D eigenvalue weighted by Crippen LogP contribution is 2.07. The van der Waals surface area contributed by atoms with Crippen LogP contribution >= 0.6 is 0 Å². The third-order valence-corrected chi connectivity index (χ3v) is 2.50. The maximum absolute atomic E-state index is 12.9. The van der Waals surface area contributed by atoms with E-state index in [1.165, 1.54) is 25.1 Å². The van der Waals surface area contributed by atoms with Gasteiger partial charge in [-0.1, -0.05) is 12.1 Å². The van der Waals surface area contributed by atoms with Gasteiger partial charge in [0.05, 0.1) is 12.0 Å². The second kappa shape index (κ2) is 6.85. The molecule has 0 spiro atoms. The standard InChI is InChI=1S/C13H17FN2O4/c1-13(20,6-11(17)18)8-16-12(19)15-7-9-3-2-4-10(14)5-9/h2-5,20H,6-8H2,1H3,(H,17,18)(H2,15,16,19). The van der Waals surface area contributed by atoms with Gasteiger partial charge in [0.15, 0.2) is 0 Å². The molecule has 0 saturated heterocycles. The van der Waals surface area contributed by atoms with Gasteiger partial charge in [-0.3, -0.25) is 4.79 Å². The van der Waals surface area contributed by atoms with Crippen molar-refractivity contribution in [3.63, 3.8) is 0 Å². The first-order chi connectivity index (χ1) is 9.28. The summed E-state index contributed by atoms with van der Waals surface area (Å²) in [5.41, 5.74) is -0.931. The number of rotatable bonds is 6. The fourth-order valence-corrected chi connectivity index (χ4v) is 1.55. The van der Waals surface area contributed by atoms with E-state index in [0.29, 0.717) is 5.56 Å². The van der Waals surface area contributed by atoms with E-state index >= 15 is 0 Å². The summed E-state index contributed by atoms with van der Waals surface area (Å²) < 4.78 is 12.9. The van der Waals surface area contributed by atoms with Gasteiger partial charge in [0, 0.05) is 13.1 Å². The van der Waals surface area contributed by atoms with Gasteiger partial charge in [-0.15, -0.1) is 0 Å². The molecule has 0 radical (unpaired) electrons. The first-order valence-electron chi connectivity index (χ1n) is 5.99. The maximum Gasteiger partial charge on any atom is 0.315 e. The highest BCUT2D eigenvalue weighted by molar-refractivity contribution is 5.74. The zero-order valence-corrected chi connectivity index (χ0v) is 11.0. The lowest BCUT2D eigenvalue weighted by Crippen LogP contribution is -2.45. The molecule has 1 rings (SSSR count). The number of carbonyl (C=O) groups excluding carboxylic acids is 1. The summed E-state index contributed by atoms with van der Waals surface area (Å²) in [7, 11) is 0. The van der Waals surface area contributed by atoms with Crippen molar-refractivity contribution in [3.8, 4) is 0 Å². The largest absolute Gasteiger partial charge is 0.481 e. The van der Waals surface area contributed by atoms with Crippen molar-refractivity contribution in [2.45, 2.75) is 25.5 Å². The molecular weight excluding hydrogens is 267 g/mol. The van der Waals surface area contributed by atoms with Gasteiger partial charge in [0.2, 0.25) is 0 Å². The van der Waals surface area contributed by atoms with Crippen LogP contribution in [-0.2, 0) is 11.3 Å². The molecule has 0 fully saturated rings. The third kappa shape index (κ3) is 6.14. The van der Waals surface area contributed by atoms with Crippen molar-refractivity contribution >= 4 is 12.0 Å². The van der Waals surface area contributed by atoms with Crippen LogP contribution in [0, 0.1) is 5.82 Å². The topological polar surface area (TPSA) is 98.7 Å². The molecule has 0 saturated carbocycles. The van der Waals surface area contributed by atoms with Crippen LogP contribution in [0.3, 0.4) is 0 Å². The Balaban J connectivity index is 2.35. The number of aliphatic carboxylic acids is 1. The number of hydrogen-bond acceptors (Lipinski definition) is 3. The molecule has 0 bridgehead atoms. The number of carboxylic acid groups (broad SMARTS) is 1. The highest BCUT2D eigenvalue weighted by atomic mass is 19.1. The number of carboxylic acids is 1. The summed E-state index contributed by atoms with van der Waals surface area (Å²) in [4.78, 5) is 21.9. The molecule has 4 N–H and O–H groups in total. The van der Waals surface area contributed by atoms with E-state index < -0.39 is 29.8 Å². The van der Waals surface area contributed by atoms with E-state index in [4.69, 9.17) is 5.11 Å². The van der Waals surface area contributed by atoms with Gasteiger partial charge < -0.3 is 20.8 Å². The predicted molar refractivity (Wildman–Crippen MR) is 69.5 cm³/mol. The Hall–Kier alpha value is -2.15. The van der Waals surface area contributed by atoms with Crippen molar-refractivity contribution < 1.29 is 24.2 Å². The van der Waals surface area contributed by atoms with Gasteiger partial charge in [-0.25, -0.2) is 9.18 Å². The van der Waals surface area contributed by atoms with Gasteiger partial charge in [-0.05, 0) is 24.6 Å². The molecule has 1 atom stereocenters. The molecule has 0 aromatic heterocycles. The Morgan fingerprint density at radius 3 is 2.65 bits per heavy atom. The minimum atomic E-state index is -1.53. The molecule has 7 heteroatoms. The highest BCUT2D eigenvalue weighted by Gasteiger charge is 2.24. The van der Waals surface area contributed by atoms with Crippen LogP contribution in [0.5, 0.6) is 0 Å². The number of urea groups is 1. The average Bonchev–Trinajstić information content (AvgIpc) is 2.32. The first kappa shape index (κ1) is 15.9. The third-order valence-electron chi connectivity index (χ3n) is 2.50. The molecule has 20 heavy (non-hydrogen) atoms. The van der Waals surface area contributed by atoms with E-state index in [2.05, 4.69) is 10.6 Å². The van der Waals surface area contributed by atoms with E-state index in [0.717, 1.165) is 0 Å². The van der Waals surface area contributed by atoms with Gasteiger partial charge in [0.25, 0.3) is 0 Å².